The molecule has 1 aromatic heterocycles. The number of hydrogen-bond donors (Lipinski definition) is 2. The number of ether oxygens (including phenoxy) is 1. The Morgan fingerprint density at radius 3 is 2.59 bits per heavy atom. The number of aromatic nitrogens is 3. The number of morpholine rings is 1. The Bertz CT molecular complexity index is 867. The minimum Gasteiger partial charge on any atom is -0.378 e. The van der Waals surface area contributed by atoms with Crippen molar-refractivity contribution in [3.05, 3.63) is 66.4 Å². The van der Waals surface area contributed by atoms with Crippen LogP contribution in [0.15, 0.2) is 60.8 Å². The normalized spacial score (nSPS) is 14.0. The second-order valence-electron chi connectivity index (χ2n) is 6.25. The summed E-state index contributed by atoms with van der Waals surface area (Å²) in [5.41, 5.74) is 3.30. The molecule has 4 rings (SSSR count). The van der Waals surface area contributed by atoms with Crippen molar-refractivity contribution in [3.63, 3.8) is 0 Å². The third-order valence-electron chi connectivity index (χ3n) is 4.37. The Labute approximate surface area is 158 Å². The molecule has 138 valence electrons. The highest BCUT2D eigenvalue weighted by Crippen LogP contribution is 2.28. The molecule has 2 N–H and O–H groups in total. The van der Waals surface area contributed by atoms with Crippen molar-refractivity contribution in [2.75, 3.05) is 41.8 Å². The lowest BCUT2D eigenvalue weighted by molar-refractivity contribution is 0.123. The average molecular weight is 362 g/mol. The molecule has 0 unspecified atom stereocenters. The fourth-order valence-electron chi connectivity index (χ4n) is 3.01. The molecule has 1 saturated heterocycles. The number of anilines is 4. The summed E-state index contributed by atoms with van der Waals surface area (Å²) in [6.45, 7) is 3.90. The zero-order chi connectivity index (χ0) is 18.3. The van der Waals surface area contributed by atoms with Gasteiger partial charge in [0.05, 0.1) is 30.8 Å². The van der Waals surface area contributed by atoms with E-state index in [9.17, 15) is 0 Å². The lowest BCUT2D eigenvalue weighted by atomic mass is 10.2. The third-order valence-corrected chi connectivity index (χ3v) is 4.37. The van der Waals surface area contributed by atoms with E-state index in [-0.39, 0.29) is 0 Å². The SMILES string of the molecule is c1ccc(CNc2nncc(Nc3ccccc3N3CCOCC3)n2)cc1. The first-order valence-electron chi connectivity index (χ1n) is 9.05. The van der Waals surface area contributed by atoms with Gasteiger partial charge in [-0.3, -0.25) is 0 Å². The van der Waals surface area contributed by atoms with Gasteiger partial charge >= 0.3 is 0 Å². The maximum Gasteiger partial charge on any atom is 0.244 e. The van der Waals surface area contributed by atoms with Gasteiger partial charge < -0.3 is 20.3 Å². The van der Waals surface area contributed by atoms with Gasteiger partial charge in [-0.25, -0.2) is 0 Å². The molecule has 1 aliphatic heterocycles. The van der Waals surface area contributed by atoms with Gasteiger partial charge in [-0.1, -0.05) is 42.5 Å². The molecule has 0 spiro atoms. The first-order valence-corrected chi connectivity index (χ1v) is 9.05. The highest BCUT2D eigenvalue weighted by molar-refractivity contribution is 5.74. The summed E-state index contributed by atoms with van der Waals surface area (Å²) >= 11 is 0. The van der Waals surface area contributed by atoms with Crippen LogP contribution in [0.25, 0.3) is 0 Å². The third kappa shape index (κ3) is 4.51. The van der Waals surface area contributed by atoms with Gasteiger partial charge in [-0.2, -0.15) is 10.1 Å². The van der Waals surface area contributed by atoms with Crippen LogP contribution < -0.4 is 15.5 Å². The molecule has 1 fully saturated rings. The second kappa shape index (κ2) is 8.46. The van der Waals surface area contributed by atoms with E-state index in [0.29, 0.717) is 18.3 Å². The monoisotopic (exact) mass is 362 g/mol. The van der Waals surface area contributed by atoms with Crippen LogP contribution in [0.1, 0.15) is 5.56 Å². The number of rotatable bonds is 6. The maximum atomic E-state index is 5.46. The first kappa shape index (κ1) is 17.2. The standard InChI is InChI=1S/C20H22N6O/c1-2-6-16(7-3-1)14-21-20-24-19(15-22-25-20)23-17-8-4-5-9-18(17)26-10-12-27-13-11-26/h1-9,15H,10-14H2,(H2,21,23,24,25). The van der Waals surface area contributed by atoms with Gasteiger partial charge in [0.2, 0.25) is 5.95 Å². The summed E-state index contributed by atoms with van der Waals surface area (Å²) in [4.78, 5) is 6.84. The van der Waals surface area contributed by atoms with Crippen LogP contribution in [0.5, 0.6) is 0 Å². The molecule has 0 atom stereocenters. The Morgan fingerprint density at radius 1 is 0.963 bits per heavy atom. The number of nitrogens with one attached hydrogen (secondary N) is 2. The van der Waals surface area contributed by atoms with Gasteiger partial charge in [-0.15, -0.1) is 5.10 Å². The van der Waals surface area contributed by atoms with Crippen LogP contribution in [0.3, 0.4) is 0 Å². The zero-order valence-corrected chi connectivity index (χ0v) is 15.0. The zero-order valence-electron chi connectivity index (χ0n) is 15.0. The summed E-state index contributed by atoms with van der Waals surface area (Å²) in [5, 5.41) is 14.7. The predicted octanol–water partition coefficient (Wildman–Crippen LogP) is 3.06. The van der Waals surface area contributed by atoms with Crippen molar-refractivity contribution in [1.29, 1.82) is 0 Å². The minimum atomic E-state index is 0.493. The van der Waals surface area contributed by atoms with Crippen LogP contribution in [0, 0.1) is 0 Å². The highest BCUT2D eigenvalue weighted by atomic mass is 16.5. The van der Waals surface area contributed by atoms with Gasteiger partial charge in [0.25, 0.3) is 0 Å². The van der Waals surface area contributed by atoms with Gasteiger partial charge in [0.15, 0.2) is 5.82 Å². The van der Waals surface area contributed by atoms with Crippen molar-refractivity contribution < 1.29 is 4.74 Å². The Morgan fingerprint density at radius 2 is 1.74 bits per heavy atom. The summed E-state index contributed by atoms with van der Waals surface area (Å²) in [5.74, 6) is 1.15. The fourth-order valence-corrected chi connectivity index (χ4v) is 3.01. The highest BCUT2D eigenvalue weighted by Gasteiger charge is 2.15. The van der Waals surface area contributed by atoms with Crippen LogP contribution in [-0.2, 0) is 11.3 Å². The number of hydrogen-bond acceptors (Lipinski definition) is 7. The van der Waals surface area contributed by atoms with E-state index in [2.05, 4.69) is 48.9 Å². The molecule has 7 nitrogen and oxygen atoms in total. The quantitative estimate of drug-likeness (QED) is 0.698. The van der Waals surface area contributed by atoms with Gasteiger partial charge in [0.1, 0.15) is 0 Å². The molecule has 1 aliphatic rings. The second-order valence-corrected chi connectivity index (χ2v) is 6.25. The lowest BCUT2D eigenvalue weighted by Gasteiger charge is -2.30. The first-order chi connectivity index (χ1) is 13.4. The van der Waals surface area contributed by atoms with Crippen molar-refractivity contribution >= 4 is 23.1 Å². The van der Waals surface area contributed by atoms with Gasteiger partial charge in [-0.05, 0) is 17.7 Å². The Hall–Kier alpha value is -3.19. The van der Waals surface area contributed by atoms with Crippen LogP contribution in [0.4, 0.5) is 23.1 Å². The summed E-state index contributed by atoms with van der Waals surface area (Å²) in [6.07, 6.45) is 1.63. The minimum absolute atomic E-state index is 0.493. The number of para-hydroxylation sites is 2. The number of nitrogens with zero attached hydrogens (tertiary/aromatic N) is 4. The largest absolute Gasteiger partial charge is 0.378 e. The molecular weight excluding hydrogens is 340 g/mol. The van der Waals surface area contributed by atoms with Crippen molar-refractivity contribution in [2.45, 2.75) is 6.54 Å². The molecule has 0 saturated carbocycles. The van der Waals surface area contributed by atoms with Crippen LogP contribution in [-0.4, -0.2) is 41.5 Å². The topological polar surface area (TPSA) is 75.2 Å². The Kier molecular flexibility index (Phi) is 5.40. The smallest absolute Gasteiger partial charge is 0.244 e. The molecular formula is C20H22N6O. The predicted molar refractivity (Wildman–Crippen MR) is 106 cm³/mol. The molecule has 0 aliphatic carbocycles. The molecule has 0 bridgehead atoms. The molecule has 0 radical (unpaired) electrons. The average Bonchev–Trinajstić information content (AvgIpc) is 2.74. The van der Waals surface area contributed by atoms with E-state index < -0.39 is 0 Å². The van der Waals surface area contributed by atoms with E-state index in [1.54, 1.807) is 6.20 Å². The van der Waals surface area contributed by atoms with E-state index in [1.807, 2.05) is 36.4 Å². The summed E-state index contributed by atoms with van der Waals surface area (Å²) in [6, 6.07) is 18.3. The van der Waals surface area contributed by atoms with Crippen LogP contribution in [0.2, 0.25) is 0 Å². The Balaban J connectivity index is 1.47. The van der Waals surface area contributed by atoms with Crippen molar-refractivity contribution in [2.24, 2.45) is 0 Å². The molecule has 7 heteroatoms. The summed E-state index contributed by atoms with van der Waals surface area (Å²) in [7, 11) is 0. The van der Waals surface area contributed by atoms with Crippen LogP contribution >= 0.6 is 0 Å². The van der Waals surface area contributed by atoms with Gasteiger partial charge in [0, 0.05) is 19.6 Å². The molecule has 3 aromatic rings. The molecule has 2 heterocycles. The molecule has 27 heavy (non-hydrogen) atoms. The maximum absolute atomic E-state index is 5.46. The molecule has 2 aromatic carbocycles. The number of benzene rings is 2. The van der Waals surface area contributed by atoms with E-state index in [0.717, 1.165) is 43.2 Å². The molecule has 0 amide bonds. The summed E-state index contributed by atoms with van der Waals surface area (Å²) < 4.78 is 5.46. The van der Waals surface area contributed by atoms with E-state index >= 15 is 0 Å². The van der Waals surface area contributed by atoms with Crippen molar-refractivity contribution in [1.82, 2.24) is 15.2 Å². The van der Waals surface area contributed by atoms with E-state index in [4.69, 9.17) is 4.74 Å². The lowest BCUT2D eigenvalue weighted by Crippen LogP contribution is -2.36. The fraction of sp³-hybridized carbons (Fsp3) is 0.250. The van der Waals surface area contributed by atoms with E-state index in [1.165, 1.54) is 0 Å². The van der Waals surface area contributed by atoms with Crippen molar-refractivity contribution in [3.8, 4) is 0 Å².